The number of hydrogen-bond donors (Lipinski definition) is 1. The molecule has 1 aromatic carbocycles. The third-order valence-electron chi connectivity index (χ3n) is 7.22. The minimum Gasteiger partial charge on any atom is -0.454 e. The van der Waals surface area contributed by atoms with Crippen molar-refractivity contribution >= 4 is 23.3 Å². The monoisotopic (exact) mass is 469 g/mol. The lowest BCUT2D eigenvalue weighted by Crippen LogP contribution is -2.54. The number of hydrogen-bond acceptors (Lipinski definition) is 6. The number of carbonyl (C=O) groups is 2. The number of nitrogens with one attached hydrogen (secondary N) is 1. The highest BCUT2D eigenvalue weighted by Crippen LogP contribution is 2.35. The first-order valence-corrected chi connectivity index (χ1v) is 12.6. The number of rotatable bonds is 7. The van der Waals surface area contributed by atoms with Gasteiger partial charge in [-0.3, -0.25) is 9.69 Å². The number of likely N-dealkylation sites (tertiary alicyclic amines) is 1. The molecule has 8 heteroatoms. The Labute approximate surface area is 198 Å². The van der Waals surface area contributed by atoms with Crippen molar-refractivity contribution in [3.05, 3.63) is 46.2 Å². The highest BCUT2D eigenvalue weighted by Gasteiger charge is 2.52. The van der Waals surface area contributed by atoms with Crippen LogP contribution in [0.4, 0.5) is 4.79 Å². The Balaban J connectivity index is 1.14. The van der Waals surface area contributed by atoms with Crippen molar-refractivity contribution in [2.75, 3.05) is 26.4 Å². The van der Waals surface area contributed by atoms with Gasteiger partial charge in [0.15, 0.2) is 11.5 Å². The fourth-order valence-electron chi connectivity index (χ4n) is 5.37. The summed E-state index contributed by atoms with van der Waals surface area (Å²) in [5.74, 6) is 2.23. The first-order chi connectivity index (χ1) is 15.9. The average molecular weight is 470 g/mol. The summed E-state index contributed by atoms with van der Waals surface area (Å²) in [5, 5.41) is 6.98. The number of carbonyl (C=O) groups excluding carboxylic acids is 2. The number of imide groups is 1. The second kappa shape index (κ2) is 8.99. The Kier molecular flexibility index (Phi) is 6.05. The van der Waals surface area contributed by atoms with E-state index in [9.17, 15) is 9.59 Å². The molecule has 1 N–H and O–H groups in total. The second-order valence-corrected chi connectivity index (χ2v) is 10.5. The molecule has 3 amide bonds. The van der Waals surface area contributed by atoms with Crippen LogP contribution in [0.5, 0.6) is 11.5 Å². The Hall–Kier alpha value is -2.58. The van der Waals surface area contributed by atoms with Crippen LogP contribution in [0.3, 0.4) is 0 Å². The van der Waals surface area contributed by atoms with Crippen molar-refractivity contribution in [3.8, 4) is 11.5 Å². The maximum Gasteiger partial charge on any atom is 0.325 e. The van der Waals surface area contributed by atoms with Gasteiger partial charge in [0.2, 0.25) is 6.79 Å². The van der Waals surface area contributed by atoms with Gasteiger partial charge in [0, 0.05) is 6.54 Å². The van der Waals surface area contributed by atoms with Crippen molar-refractivity contribution in [2.24, 2.45) is 11.8 Å². The van der Waals surface area contributed by atoms with E-state index < -0.39 is 5.54 Å². The summed E-state index contributed by atoms with van der Waals surface area (Å²) in [6.07, 6.45) is 2.80. The van der Waals surface area contributed by atoms with Crippen LogP contribution in [-0.4, -0.2) is 53.7 Å². The molecule has 2 fully saturated rings. The lowest BCUT2D eigenvalue weighted by Gasteiger charge is -2.39. The summed E-state index contributed by atoms with van der Waals surface area (Å²) in [5.41, 5.74) is 1.45. The summed E-state index contributed by atoms with van der Waals surface area (Å²) in [6.45, 7) is 7.74. The van der Waals surface area contributed by atoms with E-state index in [1.807, 2.05) is 29.8 Å². The maximum absolute atomic E-state index is 13.2. The molecule has 2 atom stereocenters. The zero-order valence-corrected chi connectivity index (χ0v) is 20.0. The van der Waals surface area contributed by atoms with Gasteiger partial charge in [-0.1, -0.05) is 13.0 Å². The van der Waals surface area contributed by atoms with Crippen molar-refractivity contribution in [3.63, 3.8) is 0 Å². The zero-order valence-electron chi connectivity index (χ0n) is 19.2. The fraction of sp³-hybridized carbons (Fsp3) is 0.520. The van der Waals surface area contributed by atoms with E-state index in [4.69, 9.17) is 9.47 Å². The van der Waals surface area contributed by atoms with E-state index >= 15 is 0 Å². The molecule has 0 saturated carbocycles. The van der Waals surface area contributed by atoms with Gasteiger partial charge in [-0.05, 0) is 91.2 Å². The number of amides is 3. The number of nitrogens with zero attached hydrogens (tertiary/aromatic N) is 2. The quantitative estimate of drug-likeness (QED) is 0.623. The smallest absolute Gasteiger partial charge is 0.325 e. The van der Waals surface area contributed by atoms with Crippen LogP contribution in [0.1, 0.15) is 37.8 Å². The van der Waals surface area contributed by atoms with Gasteiger partial charge >= 0.3 is 6.03 Å². The zero-order chi connectivity index (χ0) is 23.0. The normalized spacial score (nSPS) is 24.4. The van der Waals surface area contributed by atoms with Gasteiger partial charge in [-0.25, -0.2) is 4.79 Å². The van der Waals surface area contributed by atoms with Crippen LogP contribution < -0.4 is 14.8 Å². The SMILES string of the molecule is CC(Cc1ccc2c(c1)OCO2)CN1CCC(C2(C)NC(=O)N(Cc3ccsc3)C2=O)CC1. The van der Waals surface area contributed by atoms with Crippen molar-refractivity contribution in [1.82, 2.24) is 15.1 Å². The van der Waals surface area contributed by atoms with Crippen molar-refractivity contribution in [1.29, 1.82) is 0 Å². The molecule has 176 valence electrons. The third kappa shape index (κ3) is 4.46. The highest BCUT2D eigenvalue weighted by molar-refractivity contribution is 7.07. The molecule has 0 aliphatic carbocycles. The molecule has 5 rings (SSSR count). The summed E-state index contributed by atoms with van der Waals surface area (Å²) < 4.78 is 10.9. The first-order valence-electron chi connectivity index (χ1n) is 11.7. The van der Waals surface area contributed by atoms with Gasteiger partial charge in [-0.15, -0.1) is 0 Å². The Bertz CT molecular complexity index is 1020. The molecule has 0 spiro atoms. The van der Waals surface area contributed by atoms with E-state index in [0.29, 0.717) is 19.3 Å². The van der Waals surface area contributed by atoms with Gasteiger partial charge in [0.1, 0.15) is 5.54 Å². The Morgan fingerprint density at radius 2 is 1.94 bits per heavy atom. The standard InChI is InChI=1S/C25H31N3O4S/c1-17(11-18-3-4-21-22(12-18)32-16-31-21)13-27-8-5-20(6-9-27)25(2)23(29)28(24(30)26-25)14-19-7-10-33-15-19/h3-4,7,10,12,15,17,20H,5-6,8-9,11,13-14,16H2,1-2H3,(H,26,30). The van der Waals surface area contributed by atoms with E-state index in [-0.39, 0.29) is 17.9 Å². The second-order valence-electron chi connectivity index (χ2n) is 9.73. The van der Waals surface area contributed by atoms with Gasteiger partial charge in [0.05, 0.1) is 6.54 Å². The van der Waals surface area contributed by atoms with Crippen molar-refractivity contribution < 1.29 is 19.1 Å². The van der Waals surface area contributed by atoms with Crippen molar-refractivity contribution in [2.45, 2.75) is 45.2 Å². The molecule has 2 aromatic rings. The van der Waals surface area contributed by atoms with E-state index in [1.165, 1.54) is 10.5 Å². The number of ether oxygens (including phenoxy) is 2. The summed E-state index contributed by atoms with van der Waals surface area (Å²) >= 11 is 1.58. The fourth-order valence-corrected chi connectivity index (χ4v) is 6.03. The summed E-state index contributed by atoms with van der Waals surface area (Å²) in [7, 11) is 0. The van der Waals surface area contributed by atoms with Gasteiger partial charge < -0.3 is 19.7 Å². The lowest BCUT2D eigenvalue weighted by atomic mass is 9.78. The van der Waals surface area contributed by atoms with Crippen LogP contribution in [0.15, 0.2) is 35.0 Å². The van der Waals surface area contributed by atoms with Crippen LogP contribution >= 0.6 is 11.3 Å². The number of thiophene rings is 1. The van der Waals surface area contributed by atoms with E-state index in [0.717, 1.165) is 56.0 Å². The Morgan fingerprint density at radius 1 is 1.15 bits per heavy atom. The minimum absolute atomic E-state index is 0.0895. The summed E-state index contributed by atoms with van der Waals surface area (Å²) in [4.78, 5) is 29.7. The predicted octanol–water partition coefficient (Wildman–Crippen LogP) is 3.88. The number of urea groups is 1. The lowest BCUT2D eigenvalue weighted by molar-refractivity contribution is -0.133. The molecule has 7 nitrogen and oxygen atoms in total. The van der Waals surface area contributed by atoms with Gasteiger partial charge in [0.25, 0.3) is 5.91 Å². The number of piperidine rings is 1. The minimum atomic E-state index is -0.808. The van der Waals surface area contributed by atoms with Gasteiger partial charge in [-0.2, -0.15) is 11.3 Å². The first kappa shape index (κ1) is 22.2. The molecular weight excluding hydrogens is 438 g/mol. The molecular formula is C25H31N3O4S. The third-order valence-corrected chi connectivity index (χ3v) is 7.95. The molecule has 3 aliphatic rings. The Morgan fingerprint density at radius 3 is 2.70 bits per heavy atom. The van der Waals surface area contributed by atoms with Crippen LogP contribution in [0.25, 0.3) is 0 Å². The molecule has 33 heavy (non-hydrogen) atoms. The van der Waals surface area contributed by atoms with Crippen LogP contribution in [-0.2, 0) is 17.8 Å². The molecule has 2 saturated heterocycles. The molecule has 2 unspecified atom stereocenters. The van der Waals surface area contributed by atoms with Crippen LogP contribution in [0.2, 0.25) is 0 Å². The highest BCUT2D eigenvalue weighted by atomic mass is 32.1. The van der Waals surface area contributed by atoms with Crippen LogP contribution in [0, 0.1) is 11.8 Å². The van der Waals surface area contributed by atoms with E-state index in [1.54, 1.807) is 11.3 Å². The molecule has 4 heterocycles. The predicted molar refractivity (Wildman–Crippen MR) is 126 cm³/mol. The molecule has 1 aromatic heterocycles. The molecule has 0 bridgehead atoms. The average Bonchev–Trinajstić information content (AvgIpc) is 3.52. The number of benzene rings is 1. The van der Waals surface area contributed by atoms with E-state index in [2.05, 4.69) is 29.3 Å². The summed E-state index contributed by atoms with van der Waals surface area (Å²) in [6, 6.07) is 7.89. The molecule has 3 aliphatic heterocycles. The molecule has 0 radical (unpaired) electrons. The number of fused-ring (bicyclic) bond motifs is 1. The largest absolute Gasteiger partial charge is 0.454 e. The topological polar surface area (TPSA) is 71.1 Å². The maximum atomic E-state index is 13.2.